The van der Waals surface area contributed by atoms with Gasteiger partial charge in [-0.1, -0.05) is 29.4 Å². The van der Waals surface area contributed by atoms with Crippen molar-refractivity contribution in [3.05, 3.63) is 66.1 Å². The predicted molar refractivity (Wildman–Crippen MR) is 117 cm³/mol. The standard InChI is InChI=1S/C24H25N3O4/c1-16-13-22(26-31-16)24(29)27-12-4-6-19(15-27)23(28)25-20-10-8-17(9-11-20)18-5-3-7-21(14-18)30-2/h3,5,7-11,13-14,19H,4,6,12,15H2,1-2H3,(H,25,28)/t19-/m1/s1. The number of aromatic nitrogens is 1. The monoisotopic (exact) mass is 419 g/mol. The first-order chi connectivity index (χ1) is 15.0. The number of carbonyl (C=O) groups excluding carboxylic acids is 2. The number of nitrogens with zero attached hydrogens (tertiary/aromatic N) is 2. The molecule has 0 aliphatic carbocycles. The van der Waals surface area contributed by atoms with E-state index in [0.717, 1.165) is 35.4 Å². The molecule has 4 rings (SSSR count). The summed E-state index contributed by atoms with van der Waals surface area (Å²) in [6.45, 7) is 2.73. The van der Waals surface area contributed by atoms with Gasteiger partial charge >= 0.3 is 0 Å². The minimum atomic E-state index is -0.260. The lowest BCUT2D eigenvalue weighted by Gasteiger charge is -2.31. The Balaban J connectivity index is 1.39. The molecular formula is C24H25N3O4. The number of hydrogen-bond acceptors (Lipinski definition) is 5. The molecule has 0 bridgehead atoms. The molecule has 3 aromatic rings. The van der Waals surface area contributed by atoms with E-state index >= 15 is 0 Å². The summed E-state index contributed by atoms with van der Waals surface area (Å²) in [5.41, 5.74) is 3.09. The fraction of sp³-hybridized carbons (Fsp3) is 0.292. The van der Waals surface area contributed by atoms with E-state index < -0.39 is 0 Å². The van der Waals surface area contributed by atoms with E-state index in [-0.39, 0.29) is 23.4 Å². The van der Waals surface area contributed by atoms with E-state index in [1.807, 2.05) is 48.5 Å². The molecule has 1 saturated heterocycles. The maximum atomic E-state index is 12.8. The highest BCUT2D eigenvalue weighted by molar-refractivity contribution is 5.95. The van der Waals surface area contributed by atoms with Gasteiger partial charge in [0, 0.05) is 24.8 Å². The molecule has 1 aromatic heterocycles. The van der Waals surface area contributed by atoms with Crippen molar-refractivity contribution in [1.82, 2.24) is 10.1 Å². The van der Waals surface area contributed by atoms with Gasteiger partial charge in [0.1, 0.15) is 11.5 Å². The third-order valence-electron chi connectivity index (χ3n) is 5.48. The van der Waals surface area contributed by atoms with Crippen LogP contribution in [0.2, 0.25) is 0 Å². The Morgan fingerprint density at radius 1 is 1.13 bits per heavy atom. The van der Waals surface area contributed by atoms with Gasteiger partial charge in [0.2, 0.25) is 5.91 Å². The number of piperidine rings is 1. The van der Waals surface area contributed by atoms with Crippen LogP contribution in [0.3, 0.4) is 0 Å². The summed E-state index contributed by atoms with van der Waals surface area (Å²) < 4.78 is 10.3. The summed E-state index contributed by atoms with van der Waals surface area (Å²) in [6, 6.07) is 17.2. The average molecular weight is 419 g/mol. The van der Waals surface area contributed by atoms with E-state index in [0.29, 0.717) is 18.8 Å². The summed E-state index contributed by atoms with van der Waals surface area (Å²) >= 11 is 0. The van der Waals surface area contributed by atoms with Crippen LogP contribution in [-0.4, -0.2) is 42.1 Å². The Morgan fingerprint density at radius 2 is 1.94 bits per heavy atom. The predicted octanol–water partition coefficient (Wildman–Crippen LogP) is 4.15. The van der Waals surface area contributed by atoms with Crippen LogP contribution in [0.25, 0.3) is 11.1 Å². The number of likely N-dealkylation sites (tertiary alicyclic amines) is 1. The molecule has 0 saturated carbocycles. The molecule has 7 heteroatoms. The Bertz CT molecular complexity index is 1070. The highest BCUT2D eigenvalue weighted by Gasteiger charge is 2.30. The first kappa shape index (κ1) is 20.7. The normalized spacial score (nSPS) is 16.1. The Kier molecular flexibility index (Phi) is 6.02. The molecule has 0 radical (unpaired) electrons. The van der Waals surface area contributed by atoms with Crippen molar-refractivity contribution in [3.63, 3.8) is 0 Å². The zero-order valence-corrected chi connectivity index (χ0v) is 17.6. The van der Waals surface area contributed by atoms with Crippen LogP contribution in [0, 0.1) is 12.8 Å². The van der Waals surface area contributed by atoms with Crippen LogP contribution in [-0.2, 0) is 4.79 Å². The lowest BCUT2D eigenvalue weighted by Crippen LogP contribution is -2.43. The average Bonchev–Trinajstić information content (AvgIpc) is 3.25. The van der Waals surface area contributed by atoms with Gasteiger partial charge in [-0.05, 0) is 55.2 Å². The number of aryl methyl sites for hydroxylation is 1. The smallest absolute Gasteiger partial charge is 0.276 e. The fourth-order valence-electron chi connectivity index (χ4n) is 3.80. The summed E-state index contributed by atoms with van der Waals surface area (Å²) in [5, 5.41) is 6.78. The minimum absolute atomic E-state index is 0.0806. The van der Waals surface area contributed by atoms with Gasteiger partial charge in [-0.2, -0.15) is 0 Å². The molecule has 31 heavy (non-hydrogen) atoms. The van der Waals surface area contributed by atoms with Gasteiger partial charge in [-0.3, -0.25) is 9.59 Å². The van der Waals surface area contributed by atoms with E-state index in [1.165, 1.54) is 0 Å². The van der Waals surface area contributed by atoms with Gasteiger partial charge in [0.05, 0.1) is 13.0 Å². The van der Waals surface area contributed by atoms with Crippen molar-refractivity contribution in [2.45, 2.75) is 19.8 Å². The largest absolute Gasteiger partial charge is 0.497 e. The minimum Gasteiger partial charge on any atom is -0.497 e. The number of benzene rings is 2. The van der Waals surface area contributed by atoms with E-state index in [9.17, 15) is 9.59 Å². The molecule has 1 fully saturated rings. The van der Waals surface area contributed by atoms with Crippen molar-refractivity contribution in [1.29, 1.82) is 0 Å². The van der Waals surface area contributed by atoms with E-state index in [1.54, 1.807) is 25.0 Å². The van der Waals surface area contributed by atoms with Crippen molar-refractivity contribution < 1.29 is 18.8 Å². The second-order valence-electron chi connectivity index (χ2n) is 7.71. The van der Waals surface area contributed by atoms with Crippen LogP contribution in [0.15, 0.2) is 59.1 Å². The molecule has 7 nitrogen and oxygen atoms in total. The molecule has 2 aromatic carbocycles. The van der Waals surface area contributed by atoms with Gasteiger partial charge in [0.25, 0.3) is 5.91 Å². The Labute approximate surface area is 181 Å². The number of anilines is 1. The van der Waals surface area contributed by atoms with Crippen LogP contribution in [0.1, 0.15) is 29.1 Å². The van der Waals surface area contributed by atoms with E-state index in [2.05, 4.69) is 10.5 Å². The molecular weight excluding hydrogens is 394 g/mol. The molecule has 1 aliphatic heterocycles. The molecule has 1 aliphatic rings. The van der Waals surface area contributed by atoms with Gasteiger partial charge in [-0.15, -0.1) is 0 Å². The lowest BCUT2D eigenvalue weighted by molar-refractivity contribution is -0.121. The zero-order chi connectivity index (χ0) is 21.8. The number of nitrogens with one attached hydrogen (secondary N) is 1. The molecule has 2 amide bonds. The second-order valence-corrected chi connectivity index (χ2v) is 7.71. The Hall–Kier alpha value is -3.61. The third kappa shape index (κ3) is 4.77. The van der Waals surface area contributed by atoms with Crippen molar-refractivity contribution in [2.24, 2.45) is 5.92 Å². The Morgan fingerprint density at radius 3 is 2.65 bits per heavy atom. The zero-order valence-electron chi connectivity index (χ0n) is 17.6. The molecule has 1 atom stereocenters. The van der Waals surface area contributed by atoms with Crippen LogP contribution >= 0.6 is 0 Å². The van der Waals surface area contributed by atoms with E-state index in [4.69, 9.17) is 9.26 Å². The number of amides is 2. The molecule has 1 N–H and O–H groups in total. The first-order valence-electron chi connectivity index (χ1n) is 10.3. The highest BCUT2D eigenvalue weighted by Crippen LogP contribution is 2.26. The van der Waals surface area contributed by atoms with Crippen LogP contribution < -0.4 is 10.1 Å². The van der Waals surface area contributed by atoms with Gasteiger partial charge in [0.15, 0.2) is 5.69 Å². The molecule has 160 valence electrons. The van der Waals surface area contributed by atoms with Crippen LogP contribution in [0.5, 0.6) is 5.75 Å². The summed E-state index contributed by atoms with van der Waals surface area (Å²) in [6.07, 6.45) is 1.52. The quantitative estimate of drug-likeness (QED) is 0.672. The van der Waals surface area contributed by atoms with Crippen molar-refractivity contribution in [2.75, 3.05) is 25.5 Å². The highest BCUT2D eigenvalue weighted by atomic mass is 16.5. The first-order valence-corrected chi connectivity index (χ1v) is 10.3. The second kappa shape index (κ2) is 9.04. The van der Waals surface area contributed by atoms with Crippen molar-refractivity contribution >= 4 is 17.5 Å². The summed E-state index contributed by atoms with van der Waals surface area (Å²) in [5.74, 6) is 0.850. The molecule has 2 heterocycles. The maximum Gasteiger partial charge on any atom is 0.276 e. The molecule has 0 unspecified atom stereocenters. The van der Waals surface area contributed by atoms with Gasteiger partial charge in [-0.25, -0.2) is 0 Å². The van der Waals surface area contributed by atoms with Gasteiger partial charge < -0.3 is 19.5 Å². The number of methoxy groups -OCH3 is 1. The maximum absolute atomic E-state index is 12.8. The number of hydrogen-bond donors (Lipinski definition) is 1. The summed E-state index contributed by atoms with van der Waals surface area (Å²) in [4.78, 5) is 27.1. The third-order valence-corrected chi connectivity index (χ3v) is 5.48. The number of ether oxygens (including phenoxy) is 1. The van der Waals surface area contributed by atoms with Crippen molar-refractivity contribution in [3.8, 4) is 16.9 Å². The lowest BCUT2D eigenvalue weighted by atomic mass is 9.96. The number of carbonyl (C=O) groups is 2. The fourth-order valence-corrected chi connectivity index (χ4v) is 3.80. The molecule has 0 spiro atoms. The number of rotatable bonds is 5. The topological polar surface area (TPSA) is 84.7 Å². The summed E-state index contributed by atoms with van der Waals surface area (Å²) in [7, 11) is 1.64. The van der Waals surface area contributed by atoms with Crippen LogP contribution in [0.4, 0.5) is 5.69 Å². The SMILES string of the molecule is COc1cccc(-c2ccc(NC(=O)[C@@H]3CCCN(C(=O)c4cc(C)on4)C3)cc2)c1.